The zero-order valence-corrected chi connectivity index (χ0v) is 15.9. The first-order chi connectivity index (χ1) is 11.7. The largest absolute Gasteiger partial charge is 0.394 e. The number of aliphatic hydroxyl groups excluding tert-OH is 1. The topological polar surface area (TPSA) is 86.7 Å². The Labute approximate surface area is 150 Å². The highest BCUT2D eigenvalue weighted by molar-refractivity contribution is 7.89. The molecule has 0 radical (unpaired) electrons. The average Bonchev–Trinajstić information content (AvgIpc) is 3.01. The van der Waals surface area contributed by atoms with Crippen molar-refractivity contribution in [1.82, 2.24) is 9.62 Å². The van der Waals surface area contributed by atoms with Gasteiger partial charge < -0.3 is 10.0 Å². The lowest BCUT2D eigenvalue weighted by Crippen LogP contribution is -2.51. The van der Waals surface area contributed by atoms with Crippen molar-refractivity contribution in [3.8, 4) is 0 Å². The van der Waals surface area contributed by atoms with Gasteiger partial charge in [0, 0.05) is 6.54 Å². The number of aliphatic hydroxyl groups is 1. The Morgan fingerprint density at radius 1 is 1.32 bits per heavy atom. The lowest BCUT2D eigenvalue weighted by atomic mass is 10.0. The van der Waals surface area contributed by atoms with E-state index in [1.165, 1.54) is 0 Å². The Morgan fingerprint density at radius 2 is 1.96 bits per heavy atom. The van der Waals surface area contributed by atoms with E-state index in [-0.39, 0.29) is 29.4 Å². The monoisotopic (exact) mass is 368 g/mol. The molecule has 7 heteroatoms. The summed E-state index contributed by atoms with van der Waals surface area (Å²) in [4.78, 5) is 14.7. The number of amides is 1. The van der Waals surface area contributed by atoms with Crippen LogP contribution in [0.15, 0.2) is 29.2 Å². The van der Waals surface area contributed by atoms with Crippen molar-refractivity contribution in [2.75, 3.05) is 13.2 Å². The second kappa shape index (κ2) is 8.29. The standard InChI is InChI=1S/C18H28N2O4S/c1-13(2)11-17(18(22)20-10-4-5-15(20)12-21)19-25(23,24)16-8-6-14(3)7-9-16/h6-9,13,15,17,19,21H,4-5,10-12H2,1-3H3/t15-,17?/m1/s1. The number of carbonyl (C=O) groups excluding carboxylic acids is 1. The summed E-state index contributed by atoms with van der Waals surface area (Å²) in [7, 11) is -3.78. The molecular formula is C18H28N2O4S. The summed E-state index contributed by atoms with van der Waals surface area (Å²) >= 11 is 0. The van der Waals surface area contributed by atoms with E-state index in [1.807, 2.05) is 20.8 Å². The molecule has 2 N–H and O–H groups in total. The van der Waals surface area contributed by atoms with Gasteiger partial charge in [0.25, 0.3) is 0 Å². The highest BCUT2D eigenvalue weighted by atomic mass is 32.2. The summed E-state index contributed by atoms with van der Waals surface area (Å²) in [6.07, 6.45) is 2.00. The van der Waals surface area contributed by atoms with Crippen molar-refractivity contribution in [1.29, 1.82) is 0 Å². The van der Waals surface area contributed by atoms with Crippen LogP contribution in [-0.4, -0.2) is 49.6 Å². The van der Waals surface area contributed by atoms with Crippen LogP contribution in [0.1, 0.15) is 38.7 Å². The number of hydrogen-bond acceptors (Lipinski definition) is 4. The normalized spacial score (nSPS) is 19.4. The van der Waals surface area contributed by atoms with E-state index in [0.717, 1.165) is 18.4 Å². The quantitative estimate of drug-likeness (QED) is 0.766. The number of rotatable bonds is 7. The van der Waals surface area contributed by atoms with Crippen molar-refractivity contribution in [3.05, 3.63) is 29.8 Å². The van der Waals surface area contributed by atoms with Crippen LogP contribution in [0.3, 0.4) is 0 Å². The number of aryl methyl sites for hydroxylation is 1. The van der Waals surface area contributed by atoms with Crippen molar-refractivity contribution in [2.24, 2.45) is 5.92 Å². The van der Waals surface area contributed by atoms with Crippen molar-refractivity contribution >= 4 is 15.9 Å². The maximum atomic E-state index is 12.9. The van der Waals surface area contributed by atoms with E-state index in [0.29, 0.717) is 13.0 Å². The van der Waals surface area contributed by atoms with E-state index in [2.05, 4.69) is 4.72 Å². The molecule has 1 aromatic carbocycles. The Bertz CT molecular complexity index is 686. The van der Waals surface area contributed by atoms with Gasteiger partial charge in [0.15, 0.2) is 0 Å². The van der Waals surface area contributed by atoms with Crippen LogP contribution in [0.2, 0.25) is 0 Å². The van der Waals surface area contributed by atoms with Crippen LogP contribution in [0, 0.1) is 12.8 Å². The molecule has 1 aliphatic heterocycles. The SMILES string of the molecule is Cc1ccc(S(=O)(=O)NC(CC(C)C)C(=O)N2CCC[C@@H]2CO)cc1. The third-order valence-electron chi connectivity index (χ3n) is 4.50. The van der Waals surface area contributed by atoms with Gasteiger partial charge in [0.1, 0.15) is 6.04 Å². The minimum atomic E-state index is -3.78. The van der Waals surface area contributed by atoms with E-state index in [4.69, 9.17) is 0 Å². The number of carbonyl (C=O) groups is 1. The van der Waals surface area contributed by atoms with Crippen LogP contribution in [0.5, 0.6) is 0 Å². The van der Waals surface area contributed by atoms with Gasteiger partial charge in [-0.05, 0) is 44.2 Å². The Kier molecular flexibility index (Phi) is 6.59. The summed E-state index contributed by atoms with van der Waals surface area (Å²) in [6.45, 7) is 6.26. The second-order valence-electron chi connectivity index (χ2n) is 7.13. The molecule has 140 valence electrons. The predicted molar refractivity (Wildman–Crippen MR) is 96.6 cm³/mol. The van der Waals surface area contributed by atoms with Crippen LogP contribution < -0.4 is 4.72 Å². The molecule has 1 saturated heterocycles. The molecule has 0 aromatic heterocycles. The van der Waals surface area contributed by atoms with E-state index in [1.54, 1.807) is 29.2 Å². The molecule has 2 atom stereocenters. The molecule has 0 spiro atoms. The number of likely N-dealkylation sites (tertiary alicyclic amines) is 1. The maximum absolute atomic E-state index is 12.9. The van der Waals surface area contributed by atoms with Crippen LogP contribution in [0.4, 0.5) is 0 Å². The summed E-state index contributed by atoms with van der Waals surface area (Å²) in [5.74, 6) is -0.0919. The van der Waals surface area contributed by atoms with Gasteiger partial charge in [-0.3, -0.25) is 4.79 Å². The molecule has 1 aromatic rings. The van der Waals surface area contributed by atoms with Gasteiger partial charge in [-0.2, -0.15) is 4.72 Å². The fourth-order valence-electron chi connectivity index (χ4n) is 3.16. The van der Waals surface area contributed by atoms with Gasteiger partial charge in [0.2, 0.25) is 15.9 Å². The van der Waals surface area contributed by atoms with Crippen molar-refractivity contribution in [2.45, 2.75) is 57.0 Å². The maximum Gasteiger partial charge on any atom is 0.241 e. The Morgan fingerprint density at radius 3 is 2.52 bits per heavy atom. The fourth-order valence-corrected chi connectivity index (χ4v) is 4.36. The minimum absolute atomic E-state index is 0.0924. The molecule has 1 amide bonds. The van der Waals surface area contributed by atoms with Gasteiger partial charge in [0.05, 0.1) is 17.5 Å². The lowest BCUT2D eigenvalue weighted by molar-refractivity contribution is -0.134. The van der Waals surface area contributed by atoms with Crippen LogP contribution in [0.25, 0.3) is 0 Å². The van der Waals surface area contributed by atoms with Crippen LogP contribution >= 0.6 is 0 Å². The number of benzene rings is 1. The van der Waals surface area contributed by atoms with E-state index >= 15 is 0 Å². The van der Waals surface area contributed by atoms with Gasteiger partial charge in [-0.15, -0.1) is 0 Å². The summed E-state index contributed by atoms with van der Waals surface area (Å²) in [5.41, 5.74) is 0.969. The zero-order valence-electron chi connectivity index (χ0n) is 15.1. The number of sulfonamides is 1. The molecule has 0 aliphatic carbocycles. The molecule has 1 aliphatic rings. The van der Waals surface area contributed by atoms with Gasteiger partial charge in [-0.25, -0.2) is 8.42 Å². The third kappa shape index (κ3) is 5.03. The second-order valence-corrected chi connectivity index (χ2v) is 8.84. The molecule has 2 rings (SSSR count). The molecule has 1 unspecified atom stereocenters. The first-order valence-electron chi connectivity index (χ1n) is 8.75. The fraction of sp³-hybridized carbons (Fsp3) is 0.611. The highest BCUT2D eigenvalue weighted by Crippen LogP contribution is 2.21. The van der Waals surface area contributed by atoms with E-state index in [9.17, 15) is 18.3 Å². The first kappa shape index (κ1) is 19.9. The van der Waals surface area contributed by atoms with Crippen molar-refractivity contribution in [3.63, 3.8) is 0 Å². The first-order valence-corrected chi connectivity index (χ1v) is 10.2. The molecule has 1 fully saturated rings. The van der Waals surface area contributed by atoms with Crippen molar-refractivity contribution < 1.29 is 18.3 Å². The average molecular weight is 368 g/mol. The minimum Gasteiger partial charge on any atom is -0.394 e. The van der Waals surface area contributed by atoms with Crippen LogP contribution in [-0.2, 0) is 14.8 Å². The number of nitrogens with zero attached hydrogens (tertiary/aromatic N) is 1. The Hall–Kier alpha value is -1.44. The molecular weight excluding hydrogens is 340 g/mol. The van der Waals surface area contributed by atoms with E-state index < -0.39 is 16.1 Å². The number of nitrogens with one attached hydrogen (secondary N) is 1. The van der Waals surface area contributed by atoms with Gasteiger partial charge >= 0.3 is 0 Å². The molecule has 1 heterocycles. The molecule has 6 nitrogen and oxygen atoms in total. The lowest BCUT2D eigenvalue weighted by Gasteiger charge is -2.29. The number of hydrogen-bond donors (Lipinski definition) is 2. The highest BCUT2D eigenvalue weighted by Gasteiger charge is 2.35. The zero-order chi connectivity index (χ0) is 18.6. The molecule has 0 saturated carbocycles. The molecule has 0 bridgehead atoms. The Balaban J connectivity index is 2.22. The summed E-state index contributed by atoms with van der Waals surface area (Å²) < 4.78 is 27.9. The predicted octanol–water partition coefficient (Wildman–Crippen LogP) is 1.67. The smallest absolute Gasteiger partial charge is 0.241 e. The summed E-state index contributed by atoms with van der Waals surface area (Å²) in [6, 6.07) is 5.51. The van der Waals surface area contributed by atoms with Gasteiger partial charge in [-0.1, -0.05) is 31.5 Å². The third-order valence-corrected chi connectivity index (χ3v) is 5.99. The molecule has 25 heavy (non-hydrogen) atoms. The summed E-state index contributed by atoms with van der Waals surface area (Å²) in [5, 5.41) is 9.45.